The zero-order chi connectivity index (χ0) is 20.4. The maximum atomic E-state index is 13.0. The summed E-state index contributed by atoms with van der Waals surface area (Å²) in [7, 11) is 0. The fourth-order valence-electron chi connectivity index (χ4n) is 4.02. The molecule has 0 radical (unpaired) electrons. The Morgan fingerprint density at radius 3 is 2.52 bits per heavy atom. The number of fused-ring (bicyclic) bond motifs is 1. The molecule has 0 unspecified atom stereocenters. The normalized spacial score (nSPS) is 15.5. The molecule has 5 nitrogen and oxygen atoms in total. The second-order valence-corrected chi connectivity index (χ2v) is 7.62. The van der Waals surface area contributed by atoms with Crippen molar-refractivity contribution in [2.75, 3.05) is 19.6 Å². The molecule has 0 aliphatic carbocycles. The molecule has 2 N–H and O–H groups in total. The topological polar surface area (TPSA) is 65.2 Å². The van der Waals surface area contributed by atoms with Crippen LogP contribution in [0.3, 0.4) is 0 Å². The lowest BCUT2D eigenvalue weighted by Gasteiger charge is -2.31. The highest BCUT2D eigenvalue weighted by Crippen LogP contribution is 2.23. The molecule has 2 heterocycles. The van der Waals surface area contributed by atoms with Crippen molar-refractivity contribution in [2.45, 2.75) is 25.8 Å². The molecule has 1 aliphatic heterocycles. The van der Waals surface area contributed by atoms with Crippen molar-refractivity contribution in [1.82, 2.24) is 15.2 Å². The fourth-order valence-corrected chi connectivity index (χ4v) is 4.02. The summed E-state index contributed by atoms with van der Waals surface area (Å²) in [6, 6.07) is 13.5. The van der Waals surface area contributed by atoms with Crippen molar-refractivity contribution in [3.8, 4) is 0 Å². The molecule has 29 heavy (non-hydrogen) atoms. The summed E-state index contributed by atoms with van der Waals surface area (Å²) in [5.41, 5.74) is 3.11. The number of nitrogens with zero attached hydrogens (tertiary/aromatic N) is 1. The Hall–Kier alpha value is -2.99. The maximum Gasteiger partial charge on any atom is 0.251 e. The van der Waals surface area contributed by atoms with Gasteiger partial charge in [-0.1, -0.05) is 18.2 Å². The molecular formula is C23H24FN3O2. The zero-order valence-corrected chi connectivity index (χ0v) is 16.4. The van der Waals surface area contributed by atoms with Gasteiger partial charge in [0.25, 0.3) is 5.91 Å². The first kappa shape index (κ1) is 19.3. The molecule has 1 fully saturated rings. The number of halogens is 1. The van der Waals surface area contributed by atoms with Gasteiger partial charge in [0, 0.05) is 46.9 Å². The average Bonchev–Trinajstić information content (AvgIpc) is 3.05. The Morgan fingerprint density at radius 1 is 1.10 bits per heavy atom. The third kappa shape index (κ3) is 4.22. The van der Waals surface area contributed by atoms with Gasteiger partial charge in [0.05, 0.1) is 6.54 Å². The van der Waals surface area contributed by atoms with E-state index in [-0.39, 0.29) is 23.5 Å². The monoisotopic (exact) mass is 393 g/mol. The van der Waals surface area contributed by atoms with Crippen LogP contribution in [-0.2, 0) is 0 Å². The first-order chi connectivity index (χ1) is 14.0. The van der Waals surface area contributed by atoms with E-state index in [0.717, 1.165) is 48.1 Å². The first-order valence-corrected chi connectivity index (χ1v) is 9.90. The first-order valence-electron chi connectivity index (χ1n) is 9.90. The van der Waals surface area contributed by atoms with Crippen molar-refractivity contribution >= 4 is 22.6 Å². The molecule has 1 saturated heterocycles. The lowest BCUT2D eigenvalue weighted by molar-refractivity contribution is 0.0859. The molecule has 0 bridgehead atoms. The number of rotatable bonds is 5. The quantitative estimate of drug-likeness (QED) is 0.650. The highest BCUT2D eigenvalue weighted by Gasteiger charge is 2.24. The predicted molar refractivity (Wildman–Crippen MR) is 111 cm³/mol. The number of piperidine rings is 1. The highest BCUT2D eigenvalue weighted by molar-refractivity contribution is 6.10. The number of hydrogen-bond donors (Lipinski definition) is 2. The number of Topliss-reactive ketones (excluding diaryl/α,β-unsaturated/α-hetero) is 1. The number of nitrogens with one attached hydrogen (secondary N) is 2. The van der Waals surface area contributed by atoms with Gasteiger partial charge in [-0.3, -0.25) is 14.5 Å². The summed E-state index contributed by atoms with van der Waals surface area (Å²) >= 11 is 0. The maximum absolute atomic E-state index is 13.0. The SMILES string of the molecule is Cc1[nH]c2ccccc2c1C(=O)CN1CCC(NC(=O)c2ccc(F)cc2)CC1. The molecular weight excluding hydrogens is 369 g/mol. The standard InChI is InChI=1S/C23H24FN3O2/c1-15-22(19-4-2-3-5-20(19)25-15)21(28)14-27-12-10-18(11-13-27)26-23(29)16-6-8-17(24)9-7-16/h2-9,18,25H,10-14H2,1H3,(H,26,29). The van der Waals surface area contributed by atoms with Crippen LogP contribution in [0.2, 0.25) is 0 Å². The van der Waals surface area contributed by atoms with Gasteiger partial charge in [-0.2, -0.15) is 0 Å². The largest absolute Gasteiger partial charge is 0.358 e. The Balaban J connectivity index is 1.33. The molecule has 0 spiro atoms. The molecule has 0 atom stereocenters. The number of aromatic amines is 1. The Morgan fingerprint density at radius 2 is 1.79 bits per heavy atom. The third-order valence-corrected chi connectivity index (χ3v) is 5.57. The smallest absolute Gasteiger partial charge is 0.251 e. The Labute approximate surface area is 168 Å². The number of likely N-dealkylation sites (tertiary alicyclic amines) is 1. The summed E-state index contributed by atoms with van der Waals surface area (Å²) in [6.45, 7) is 3.81. The molecule has 0 saturated carbocycles. The van der Waals surface area contributed by atoms with Crippen LogP contribution in [0.15, 0.2) is 48.5 Å². The lowest BCUT2D eigenvalue weighted by atomic mass is 10.0. The van der Waals surface area contributed by atoms with Gasteiger partial charge in [0.15, 0.2) is 5.78 Å². The number of aromatic nitrogens is 1. The number of hydrogen-bond acceptors (Lipinski definition) is 3. The van der Waals surface area contributed by atoms with Crippen LogP contribution in [0.1, 0.15) is 39.3 Å². The summed E-state index contributed by atoms with van der Waals surface area (Å²) in [6.07, 6.45) is 1.57. The van der Waals surface area contributed by atoms with Crippen LogP contribution in [-0.4, -0.2) is 47.3 Å². The van der Waals surface area contributed by atoms with Crippen LogP contribution >= 0.6 is 0 Å². The number of H-pyrrole nitrogens is 1. The van der Waals surface area contributed by atoms with Crippen molar-refractivity contribution < 1.29 is 14.0 Å². The lowest BCUT2D eigenvalue weighted by Crippen LogP contribution is -2.46. The summed E-state index contributed by atoms with van der Waals surface area (Å²) < 4.78 is 13.0. The minimum atomic E-state index is -0.357. The fraction of sp³-hybridized carbons (Fsp3) is 0.304. The minimum Gasteiger partial charge on any atom is -0.358 e. The number of carbonyl (C=O) groups is 2. The molecule has 150 valence electrons. The average molecular weight is 393 g/mol. The van der Waals surface area contributed by atoms with Crippen molar-refractivity contribution in [1.29, 1.82) is 0 Å². The minimum absolute atomic E-state index is 0.0636. The van der Waals surface area contributed by atoms with Crippen molar-refractivity contribution in [2.24, 2.45) is 0 Å². The van der Waals surface area contributed by atoms with Crippen LogP contribution in [0.4, 0.5) is 4.39 Å². The van der Waals surface area contributed by atoms with E-state index >= 15 is 0 Å². The predicted octanol–water partition coefficient (Wildman–Crippen LogP) is 3.69. The van der Waals surface area contributed by atoms with Gasteiger partial charge >= 0.3 is 0 Å². The van der Waals surface area contributed by atoms with Crippen molar-refractivity contribution in [3.05, 3.63) is 71.2 Å². The molecule has 1 aliphatic rings. The second-order valence-electron chi connectivity index (χ2n) is 7.62. The number of ketones is 1. The molecule has 2 aromatic carbocycles. The van der Waals surface area contributed by atoms with Gasteiger partial charge in [-0.25, -0.2) is 4.39 Å². The van der Waals surface area contributed by atoms with Crippen molar-refractivity contribution in [3.63, 3.8) is 0 Å². The molecule has 1 amide bonds. The van der Waals surface area contributed by atoms with E-state index in [1.54, 1.807) is 0 Å². The summed E-state index contributed by atoms with van der Waals surface area (Å²) in [5, 5.41) is 3.98. The number of aryl methyl sites for hydroxylation is 1. The summed E-state index contributed by atoms with van der Waals surface area (Å²) in [4.78, 5) is 30.6. The van der Waals surface area contributed by atoms with Gasteiger partial charge in [-0.15, -0.1) is 0 Å². The third-order valence-electron chi connectivity index (χ3n) is 5.57. The molecule has 6 heteroatoms. The molecule has 3 aromatic rings. The molecule has 4 rings (SSSR count). The Kier molecular flexibility index (Phi) is 5.45. The van der Waals surface area contributed by atoms with Gasteiger partial charge in [-0.05, 0) is 50.1 Å². The van der Waals surface area contributed by atoms with Crippen LogP contribution < -0.4 is 5.32 Å². The molecule has 1 aromatic heterocycles. The van der Waals surface area contributed by atoms with E-state index < -0.39 is 0 Å². The second kappa shape index (κ2) is 8.17. The van der Waals surface area contributed by atoms with Crippen LogP contribution in [0.5, 0.6) is 0 Å². The highest BCUT2D eigenvalue weighted by atomic mass is 19.1. The zero-order valence-electron chi connectivity index (χ0n) is 16.4. The summed E-state index contributed by atoms with van der Waals surface area (Å²) in [5.74, 6) is -0.423. The van der Waals surface area contributed by atoms with Gasteiger partial charge in [0.2, 0.25) is 0 Å². The van der Waals surface area contributed by atoms with E-state index in [1.165, 1.54) is 24.3 Å². The van der Waals surface area contributed by atoms with Crippen LogP contribution in [0, 0.1) is 12.7 Å². The van der Waals surface area contributed by atoms with E-state index in [4.69, 9.17) is 0 Å². The number of benzene rings is 2. The number of amides is 1. The Bertz CT molecular complexity index is 1030. The van der Waals surface area contributed by atoms with Gasteiger partial charge < -0.3 is 10.3 Å². The number of para-hydroxylation sites is 1. The number of carbonyl (C=O) groups excluding carboxylic acids is 2. The van der Waals surface area contributed by atoms with E-state index in [0.29, 0.717) is 12.1 Å². The van der Waals surface area contributed by atoms with E-state index in [9.17, 15) is 14.0 Å². The van der Waals surface area contributed by atoms with E-state index in [1.807, 2.05) is 31.2 Å². The van der Waals surface area contributed by atoms with E-state index in [2.05, 4.69) is 15.2 Å². The van der Waals surface area contributed by atoms with Gasteiger partial charge in [0.1, 0.15) is 5.82 Å². The van der Waals surface area contributed by atoms with Crippen LogP contribution in [0.25, 0.3) is 10.9 Å².